The van der Waals surface area contributed by atoms with E-state index < -0.39 is 0 Å². The van der Waals surface area contributed by atoms with Crippen LogP contribution in [0.15, 0.2) is 6.20 Å². The zero-order chi connectivity index (χ0) is 7.40. The second kappa shape index (κ2) is 3.98. The van der Waals surface area contributed by atoms with Gasteiger partial charge < -0.3 is 0 Å². The summed E-state index contributed by atoms with van der Waals surface area (Å²) in [6.07, 6.45) is 4.25. The quantitative estimate of drug-likeness (QED) is 0.692. The van der Waals surface area contributed by atoms with Gasteiger partial charge in [-0.25, -0.2) is 4.98 Å². The number of rotatable bonds is 3. The molecular weight excluding hydrogens is 162 g/mol. The van der Waals surface area contributed by atoms with E-state index in [1.54, 1.807) is 11.3 Å². The Hall–Kier alpha value is -0.0200. The molecule has 0 saturated carbocycles. The van der Waals surface area contributed by atoms with Gasteiger partial charge in [0.05, 0.1) is 5.01 Å². The summed E-state index contributed by atoms with van der Waals surface area (Å²) >= 11 is 5.92. The van der Waals surface area contributed by atoms with E-state index in [2.05, 4.69) is 17.6 Å². The molecule has 0 bridgehead atoms. The Morgan fingerprint density at radius 3 is 3.00 bits per heavy atom. The summed E-state index contributed by atoms with van der Waals surface area (Å²) in [5.41, 5.74) is 0. The predicted molar refractivity (Wildman–Crippen MR) is 49.0 cm³/mol. The van der Waals surface area contributed by atoms with Crippen molar-refractivity contribution in [3.05, 3.63) is 16.1 Å². The van der Waals surface area contributed by atoms with E-state index in [-0.39, 0.29) is 0 Å². The van der Waals surface area contributed by atoms with Crippen molar-refractivity contribution in [2.75, 3.05) is 5.75 Å². The Bertz CT molecular complexity index is 195. The van der Waals surface area contributed by atoms with Gasteiger partial charge in [0, 0.05) is 11.1 Å². The normalized spacial score (nSPS) is 10.2. The Labute approximate surface area is 70.9 Å². The third-order valence-corrected chi connectivity index (χ3v) is 2.54. The minimum atomic E-state index is 0.969. The fourth-order valence-corrected chi connectivity index (χ4v) is 1.77. The number of nitrogens with zero attached hydrogens (tertiary/aromatic N) is 1. The zero-order valence-corrected chi connectivity index (χ0v) is 7.71. The van der Waals surface area contributed by atoms with E-state index in [9.17, 15) is 0 Å². The summed E-state index contributed by atoms with van der Waals surface area (Å²) in [6.45, 7) is 2.04. The molecular formula is C7H11NS2. The van der Waals surface area contributed by atoms with Crippen molar-refractivity contribution < 1.29 is 0 Å². The molecule has 0 aliphatic carbocycles. The van der Waals surface area contributed by atoms with Crippen LogP contribution < -0.4 is 0 Å². The van der Waals surface area contributed by atoms with E-state index in [1.807, 2.05) is 13.1 Å². The monoisotopic (exact) mass is 173 g/mol. The van der Waals surface area contributed by atoms with Crippen LogP contribution in [-0.4, -0.2) is 10.7 Å². The van der Waals surface area contributed by atoms with Crippen LogP contribution in [0.2, 0.25) is 0 Å². The predicted octanol–water partition coefficient (Wildman–Crippen LogP) is 2.31. The molecule has 1 rings (SSSR count). The van der Waals surface area contributed by atoms with Crippen LogP contribution in [-0.2, 0) is 6.42 Å². The summed E-state index contributed by atoms with van der Waals surface area (Å²) in [7, 11) is 0. The van der Waals surface area contributed by atoms with Gasteiger partial charge in [-0.2, -0.15) is 12.6 Å². The Balaban J connectivity index is 2.42. The summed E-state index contributed by atoms with van der Waals surface area (Å²) in [5.74, 6) is 0.969. The fourth-order valence-electron chi connectivity index (χ4n) is 0.774. The van der Waals surface area contributed by atoms with Gasteiger partial charge in [0.25, 0.3) is 0 Å². The van der Waals surface area contributed by atoms with Crippen molar-refractivity contribution in [1.29, 1.82) is 0 Å². The van der Waals surface area contributed by atoms with Crippen LogP contribution in [0.5, 0.6) is 0 Å². The fraction of sp³-hybridized carbons (Fsp3) is 0.571. The molecule has 10 heavy (non-hydrogen) atoms. The van der Waals surface area contributed by atoms with Crippen molar-refractivity contribution in [3.63, 3.8) is 0 Å². The number of hydrogen-bond donors (Lipinski definition) is 1. The molecule has 1 aromatic rings. The molecule has 0 N–H and O–H groups in total. The van der Waals surface area contributed by atoms with Gasteiger partial charge in [0.1, 0.15) is 0 Å². The molecule has 0 unspecified atom stereocenters. The molecule has 1 nitrogen and oxygen atoms in total. The molecule has 56 valence electrons. The topological polar surface area (TPSA) is 12.9 Å². The first kappa shape index (κ1) is 8.08. The van der Waals surface area contributed by atoms with Crippen molar-refractivity contribution in [3.8, 4) is 0 Å². The molecule has 0 atom stereocenters. The molecule has 0 aliphatic heterocycles. The number of thiazole rings is 1. The minimum absolute atomic E-state index is 0.969. The first-order chi connectivity index (χ1) is 4.83. The highest BCUT2D eigenvalue weighted by atomic mass is 32.1. The molecule has 1 aromatic heterocycles. The summed E-state index contributed by atoms with van der Waals surface area (Å²) < 4.78 is 0. The van der Waals surface area contributed by atoms with Gasteiger partial charge in [0.15, 0.2) is 0 Å². The highest BCUT2D eigenvalue weighted by Crippen LogP contribution is 2.13. The highest BCUT2D eigenvalue weighted by molar-refractivity contribution is 7.80. The minimum Gasteiger partial charge on any atom is -0.250 e. The summed E-state index contributed by atoms with van der Waals surface area (Å²) in [6, 6.07) is 0. The average molecular weight is 173 g/mol. The van der Waals surface area contributed by atoms with Crippen LogP contribution in [0.25, 0.3) is 0 Å². The third kappa shape index (κ3) is 2.31. The zero-order valence-electron chi connectivity index (χ0n) is 6.00. The molecule has 0 aromatic carbocycles. The summed E-state index contributed by atoms with van der Waals surface area (Å²) in [5, 5.41) is 1.16. The molecule has 0 saturated heterocycles. The Morgan fingerprint density at radius 2 is 2.50 bits per heavy atom. The van der Waals surface area contributed by atoms with Crippen molar-refractivity contribution in [2.24, 2.45) is 0 Å². The van der Waals surface area contributed by atoms with Gasteiger partial charge >= 0.3 is 0 Å². The first-order valence-corrected chi connectivity index (χ1v) is 4.80. The Kier molecular flexibility index (Phi) is 3.22. The first-order valence-electron chi connectivity index (χ1n) is 3.35. The highest BCUT2D eigenvalue weighted by Gasteiger charge is 1.95. The van der Waals surface area contributed by atoms with Crippen LogP contribution in [0.4, 0.5) is 0 Å². The van der Waals surface area contributed by atoms with E-state index in [4.69, 9.17) is 0 Å². The van der Waals surface area contributed by atoms with E-state index >= 15 is 0 Å². The Morgan fingerprint density at radius 1 is 1.70 bits per heavy atom. The second-order valence-corrected chi connectivity index (χ2v) is 3.94. The number of aryl methyl sites for hydroxylation is 2. The maximum atomic E-state index is 4.16. The average Bonchev–Trinajstić information content (AvgIpc) is 2.31. The second-order valence-electron chi connectivity index (χ2n) is 2.17. The molecule has 1 heterocycles. The SMILES string of the molecule is Cc1ncc(CCCS)s1. The van der Waals surface area contributed by atoms with Gasteiger partial charge in [-0.1, -0.05) is 0 Å². The maximum Gasteiger partial charge on any atom is 0.0896 e. The van der Waals surface area contributed by atoms with Crippen molar-refractivity contribution >= 4 is 24.0 Å². The molecule has 3 heteroatoms. The lowest BCUT2D eigenvalue weighted by atomic mass is 10.3. The van der Waals surface area contributed by atoms with Gasteiger partial charge in [-0.05, 0) is 25.5 Å². The number of aromatic nitrogens is 1. The molecule has 0 aliphatic rings. The lowest BCUT2D eigenvalue weighted by Gasteiger charge is -1.89. The van der Waals surface area contributed by atoms with Crippen molar-refractivity contribution in [1.82, 2.24) is 4.98 Å². The van der Waals surface area contributed by atoms with E-state index in [0.29, 0.717) is 0 Å². The molecule has 0 spiro atoms. The smallest absolute Gasteiger partial charge is 0.0896 e. The lowest BCUT2D eigenvalue weighted by Crippen LogP contribution is -1.79. The third-order valence-electron chi connectivity index (χ3n) is 1.25. The van der Waals surface area contributed by atoms with Crippen LogP contribution >= 0.6 is 24.0 Å². The largest absolute Gasteiger partial charge is 0.250 e. The standard InChI is InChI=1S/C7H11NS2/c1-6-8-5-7(10-6)3-2-4-9/h5,9H,2-4H2,1H3. The maximum absolute atomic E-state index is 4.16. The van der Waals surface area contributed by atoms with Gasteiger partial charge in [-0.3, -0.25) is 0 Å². The lowest BCUT2D eigenvalue weighted by molar-refractivity contribution is 0.951. The van der Waals surface area contributed by atoms with Crippen LogP contribution in [0, 0.1) is 6.92 Å². The summed E-state index contributed by atoms with van der Waals surface area (Å²) in [4.78, 5) is 5.54. The van der Waals surface area contributed by atoms with Crippen LogP contribution in [0.1, 0.15) is 16.3 Å². The molecule has 0 amide bonds. The van der Waals surface area contributed by atoms with E-state index in [1.165, 1.54) is 4.88 Å². The van der Waals surface area contributed by atoms with Gasteiger partial charge in [0.2, 0.25) is 0 Å². The van der Waals surface area contributed by atoms with E-state index in [0.717, 1.165) is 23.6 Å². The molecule has 0 radical (unpaired) electrons. The number of thiol groups is 1. The molecule has 0 fully saturated rings. The van der Waals surface area contributed by atoms with Crippen LogP contribution in [0.3, 0.4) is 0 Å². The number of hydrogen-bond acceptors (Lipinski definition) is 3. The van der Waals surface area contributed by atoms with Crippen molar-refractivity contribution in [2.45, 2.75) is 19.8 Å². The van der Waals surface area contributed by atoms with Gasteiger partial charge in [-0.15, -0.1) is 11.3 Å².